The van der Waals surface area contributed by atoms with Gasteiger partial charge in [0.1, 0.15) is 11.8 Å². The molecular formula is C19H22N4O4S2. The van der Waals surface area contributed by atoms with Crippen molar-refractivity contribution >= 4 is 33.1 Å². The summed E-state index contributed by atoms with van der Waals surface area (Å²) >= 11 is 1.52. The van der Waals surface area contributed by atoms with Gasteiger partial charge in [-0.25, -0.2) is 8.42 Å². The maximum Gasteiger partial charge on any atom is 0.240 e. The lowest BCUT2D eigenvalue weighted by Crippen LogP contribution is -2.50. The number of likely N-dealkylation sites (tertiary alicyclic amines) is 1. The van der Waals surface area contributed by atoms with Crippen LogP contribution in [-0.2, 0) is 31.8 Å². The van der Waals surface area contributed by atoms with Gasteiger partial charge in [0.2, 0.25) is 15.9 Å². The van der Waals surface area contributed by atoms with E-state index >= 15 is 0 Å². The lowest BCUT2D eigenvalue weighted by molar-refractivity contribution is -0.137. The molecule has 2 aromatic heterocycles. The van der Waals surface area contributed by atoms with Crippen molar-refractivity contribution in [3.8, 4) is 0 Å². The monoisotopic (exact) mass is 434 g/mol. The number of rotatable bonds is 6. The Morgan fingerprint density at radius 2 is 2.14 bits per heavy atom. The summed E-state index contributed by atoms with van der Waals surface area (Å²) in [6, 6.07) is 6.85. The van der Waals surface area contributed by atoms with Crippen molar-refractivity contribution in [2.45, 2.75) is 36.7 Å². The molecule has 0 spiro atoms. The van der Waals surface area contributed by atoms with Gasteiger partial charge in [-0.3, -0.25) is 14.6 Å². The Bertz CT molecular complexity index is 994. The summed E-state index contributed by atoms with van der Waals surface area (Å²) in [4.78, 5) is 32.1. The molecule has 154 valence electrons. The molecule has 2 N–H and O–H groups in total. The lowest BCUT2D eigenvalue weighted by atomic mass is 10.1. The summed E-state index contributed by atoms with van der Waals surface area (Å²) in [5.41, 5.74) is 6.53. The van der Waals surface area contributed by atoms with Crippen LogP contribution in [0.3, 0.4) is 0 Å². The standard InChI is InChI=1S/C19H22N4O4S2/c20-15(10-14-5-3-9-28-14)19(25)22-8-6-16-18(22)17(24)11-23(16)29(26,27)12-13-4-1-2-7-21-13/h1-5,7,9,15-16,18H,6,8,10-12,20H2. The molecule has 3 unspecified atom stereocenters. The Kier molecular flexibility index (Phi) is 5.52. The van der Waals surface area contributed by atoms with Crippen LogP contribution in [-0.4, -0.2) is 65.5 Å². The average molecular weight is 435 g/mol. The minimum Gasteiger partial charge on any atom is -0.330 e. The smallest absolute Gasteiger partial charge is 0.240 e. The van der Waals surface area contributed by atoms with E-state index in [-0.39, 0.29) is 24.0 Å². The fraction of sp³-hybridized carbons (Fsp3) is 0.421. The Balaban J connectivity index is 1.48. The summed E-state index contributed by atoms with van der Waals surface area (Å²) in [6.07, 6.45) is 2.36. The first-order valence-electron chi connectivity index (χ1n) is 9.37. The van der Waals surface area contributed by atoms with E-state index < -0.39 is 28.1 Å². The highest BCUT2D eigenvalue weighted by molar-refractivity contribution is 7.88. The maximum absolute atomic E-state index is 12.9. The van der Waals surface area contributed by atoms with Crippen LogP contribution in [0.1, 0.15) is 17.0 Å². The van der Waals surface area contributed by atoms with Crippen LogP contribution >= 0.6 is 11.3 Å². The molecule has 2 aliphatic heterocycles. The number of thiophene rings is 1. The van der Waals surface area contributed by atoms with Crippen molar-refractivity contribution in [3.05, 3.63) is 52.5 Å². The van der Waals surface area contributed by atoms with E-state index in [0.29, 0.717) is 25.1 Å². The molecule has 29 heavy (non-hydrogen) atoms. The van der Waals surface area contributed by atoms with Crippen molar-refractivity contribution < 1.29 is 18.0 Å². The highest BCUT2D eigenvalue weighted by Crippen LogP contribution is 2.33. The Hall–Kier alpha value is -2.14. The van der Waals surface area contributed by atoms with Crippen LogP contribution < -0.4 is 5.73 Å². The lowest BCUT2D eigenvalue weighted by Gasteiger charge is -2.26. The molecule has 2 fully saturated rings. The normalized spacial score (nSPS) is 23.3. The zero-order chi connectivity index (χ0) is 20.6. The molecule has 2 saturated heterocycles. The molecule has 4 rings (SSSR count). The van der Waals surface area contributed by atoms with E-state index in [0.717, 1.165) is 4.88 Å². The van der Waals surface area contributed by atoms with Gasteiger partial charge in [0, 0.05) is 24.0 Å². The number of carbonyl (C=O) groups excluding carboxylic acids is 2. The number of ketones is 1. The molecule has 3 atom stereocenters. The molecule has 10 heteroatoms. The number of carbonyl (C=O) groups is 2. The number of aromatic nitrogens is 1. The summed E-state index contributed by atoms with van der Waals surface area (Å²) in [7, 11) is -3.73. The first kappa shape index (κ1) is 20.1. The van der Waals surface area contributed by atoms with E-state index in [1.807, 2.05) is 17.5 Å². The van der Waals surface area contributed by atoms with Crippen molar-refractivity contribution in [1.82, 2.24) is 14.2 Å². The summed E-state index contributed by atoms with van der Waals surface area (Å²) in [5, 5.41) is 1.92. The number of nitrogens with zero attached hydrogens (tertiary/aromatic N) is 3. The van der Waals surface area contributed by atoms with Crippen molar-refractivity contribution in [3.63, 3.8) is 0 Å². The quantitative estimate of drug-likeness (QED) is 0.704. The van der Waals surface area contributed by atoms with E-state index in [1.54, 1.807) is 18.2 Å². The Morgan fingerprint density at radius 3 is 2.83 bits per heavy atom. The summed E-state index contributed by atoms with van der Waals surface area (Å²) in [6.45, 7) is 0.113. The van der Waals surface area contributed by atoms with Crippen LogP contribution in [0.15, 0.2) is 41.9 Å². The molecular weight excluding hydrogens is 412 g/mol. The second-order valence-corrected chi connectivity index (χ2v) is 10.3. The van der Waals surface area contributed by atoms with Gasteiger partial charge in [0.25, 0.3) is 0 Å². The van der Waals surface area contributed by atoms with Crippen LogP contribution in [0.2, 0.25) is 0 Å². The third kappa shape index (κ3) is 3.97. The Morgan fingerprint density at radius 1 is 1.31 bits per heavy atom. The maximum atomic E-state index is 12.9. The van der Waals surface area contributed by atoms with Gasteiger partial charge in [-0.1, -0.05) is 12.1 Å². The predicted octanol–water partition coefficient (Wildman–Crippen LogP) is 0.397. The molecule has 1 amide bonds. The zero-order valence-corrected chi connectivity index (χ0v) is 17.3. The van der Waals surface area contributed by atoms with Gasteiger partial charge in [0.15, 0.2) is 5.78 Å². The molecule has 2 aromatic rings. The van der Waals surface area contributed by atoms with Crippen LogP contribution in [0, 0.1) is 0 Å². The molecule has 0 bridgehead atoms. The topological polar surface area (TPSA) is 114 Å². The number of fused-ring (bicyclic) bond motifs is 1. The fourth-order valence-electron chi connectivity index (χ4n) is 4.08. The number of hydrogen-bond acceptors (Lipinski definition) is 7. The molecule has 8 nitrogen and oxygen atoms in total. The summed E-state index contributed by atoms with van der Waals surface area (Å²) < 4.78 is 27.1. The van der Waals surface area contributed by atoms with Gasteiger partial charge < -0.3 is 10.6 Å². The van der Waals surface area contributed by atoms with Crippen molar-refractivity contribution in [1.29, 1.82) is 0 Å². The SMILES string of the molecule is NC(Cc1cccs1)C(=O)N1CCC2C1C(=O)CN2S(=O)(=O)Cc1ccccn1. The van der Waals surface area contributed by atoms with Crippen molar-refractivity contribution in [2.75, 3.05) is 13.1 Å². The first-order chi connectivity index (χ1) is 13.9. The number of sulfonamides is 1. The predicted molar refractivity (Wildman–Crippen MR) is 108 cm³/mol. The minimum absolute atomic E-state index is 0.214. The number of nitrogens with two attached hydrogens (primary N) is 1. The van der Waals surface area contributed by atoms with Crippen LogP contribution in [0.25, 0.3) is 0 Å². The average Bonchev–Trinajstić information content (AvgIpc) is 3.40. The third-order valence-electron chi connectivity index (χ3n) is 5.39. The molecule has 0 aliphatic carbocycles. The Labute approximate surface area is 173 Å². The third-order valence-corrected chi connectivity index (χ3v) is 8.07. The molecule has 0 aromatic carbocycles. The number of pyridine rings is 1. The second-order valence-electron chi connectivity index (χ2n) is 7.31. The van der Waals surface area contributed by atoms with Gasteiger partial charge in [-0.2, -0.15) is 4.31 Å². The molecule has 0 saturated carbocycles. The molecule has 2 aliphatic rings. The first-order valence-corrected chi connectivity index (χ1v) is 11.9. The largest absolute Gasteiger partial charge is 0.330 e. The van der Waals surface area contributed by atoms with Crippen LogP contribution in [0.4, 0.5) is 0 Å². The summed E-state index contributed by atoms with van der Waals surface area (Å²) in [5.74, 6) is -0.826. The van der Waals surface area contributed by atoms with Gasteiger partial charge in [0.05, 0.1) is 24.3 Å². The van der Waals surface area contributed by atoms with E-state index in [2.05, 4.69) is 4.98 Å². The second kappa shape index (κ2) is 7.94. The fourth-order valence-corrected chi connectivity index (χ4v) is 6.51. The highest BCUT2D eigenvalue weighted by Gasteiger charge is 2.53. The van der Waals surface area contributed by atoms with Gasteiger partial charge in [-0.15, -0.1) is 11.3 Å². The van der Waals surface area contributed by atoms with Crippen molar-refractivity contribution in [2.24, 2.45) is 5.73 Å². The molecule has 4 heterocycles. The van der Waals surface area contributed by atoms with E-state index in [1.165, 1.54) is 26.7 Å². The number of hydrogen-bond donors (Lipinski definition) is 1. The molecule has 0 radical (unpaired) electrons. The van der Waals surface area contributed by atoms with Gasteiger partial charge in [-0.05, 0) is 30.0 Å². The van der Waals surface area contributed by atoms with E-state index in [9.17, 15) is 18.0 Å². The van der Waals surface area contributed by atoms with Crippen LogP contribution in [0.5, 0.6) is 0 Å². The number of Topliss-reactive ketones (excluding diaryl/α,β-unsaturated/α-hetero) is 1. The van der Waals surface area contributed by atoms with Gasteiger partial charge >= 0.3 is 0 Å². The number of amides is 1. The minimum atomic E-state index is -3.73. The zero-order valence-electron chi connectivity index (χ0n) is 15.7. The highest BCUT2D eigenvalue weighted by atomic mass is 32.2. The van der Waals surface area contributed by atoms with E-state index in [4.69, 9.17) is 5.73 Å².